The Kier molecular flexibility index (Phi) is 4.74. The highest BCUT2D eigenvalue weighted by molar-refractivity contribution is 7.10. The molecule has 3 nitrogen and oxygen atoms in total. The van der Waals surface area contributed by atoms with Crippen molar-refractivity contribution in [2.75, 3.05) is 13.7 Å². The van der Waals surface area contributed by atoms with Gasteiger partial charge in [0, 0.05) is 11.9 Å². The van der Waals surface area contributed by atoms with E-state index in [-0.39, 0.29) is 18.3 Å². The van der Waals surface area contributed by atoms with Gasteiger partial charge >= 0.3 is 0 Å². The molecule has 0 fully saturated rings. The maximum Gasteiger partial charge on any atom is 0.260 e. The molecule has 5 heteroatoms. The minimum absolute atomic E-state index is 0.0491. The Morgan fingerprint density at radius 2 is 2.00 bits per heavy atom. The van der Waals surface area contributed by atoms with Crippen molar-refractivity contribution in [3.05, 3.63) is 52.0 Å². The summed E-state index contributed by atoms with van der Waals surface area (Å²) >= 11 is 1.63. The fraction of sp³-hybridized carbons (Fsp3) is 0.267. The van der Waals surface area contributed by atoms with Crippen LogP contribution in [-0.4, -0.2) is 24.5 Å². The third-order valence-electron chi connectivity index (χ3n) is 2.95. The molecule has 2 rings (SSSR count). The molecule has 0 atom stereocenters. The summed E-state index contributed by atoms with van der Waals surface area (Å²) < 4.78 is 18.1. The number of hydrogen-bond acceptors (Lipinski definition) is 3. The SMILES string of the molecule is Cc1ccsc1CN(C)C(=O)COc1ccc(F)cc1. The first-order valence-corrected chi connectivity index (χ1v) is 7.09. The lowest BCUT2D eigenvalue weighted by Gasteiger charge is -2.17. The molecule has 0 N–H and O–H groups in total. The number of hydrogen-bond donors (Lipinski definition) is 0. The van der Waals surface area contributed by atoms with Gasteiger partial charge in [-0.2, -0.15) is 0 Å². The number of amides is 1. The van der Waals surface area contributed by atoms with Crippen molar-refractivity contribution in [1.82, 2.24) is 4.90 Å². The maximum absolute atomic E-state index is 12.7. The van der Waals surface area contributed by atoms with E-state index in [1.807, 2.05) is 18.4 Å². The summed E-state index contributed by atoms with van der Waals surface area (Å²) in [6.45, 7) is 2.56. The molecule has 1 aromatic carbocycles. The van der Waals surface area contributed by atoms with Crippen molar-refractivity contribution in [2.24, 2.45) is 0 Å². The van der Waals surface area contributed by atoms with Crippen molar-refractivity contribution in [3.8, 4) is 5.75 Å². The van der Waals surface area contributed by atoms with E-state index in [1.54, 1.807) is 23.3 Å². The van der Waals surface area contributed by atoms with Crippen molar-refractivity contribution in [2.45, 2.75) is 13.5 Å². The van der Waals surface area contributed by atoms with Gasteiger partial charge in [0.2, 0.25) is 0 Å². The molecule has 1 aromatic heterocycles. The Labute approximate surface area is 121 Å². The largest absolute Gasteiger partial charge is 0.484 e. The zero-order valence-corrected chi connectivity index (χ0v) is 12.2. The second-order valence-electron chi connectivity index (χ2n) is 4.52. The highest BCUT2D eigenvalue weighted by Gasteiger charge is 2.12. The van der Waals surface area contributed by atoms with Crippen LogP contribution in [0.2, 0.25) is 0 Å². The second-order valence-corrected chi connectivity index (χ2v) is 5.52. The normalized spacial score (nSPS) is 10.3. The summed E-state index contributed by atoms with van der Waals surface area (Å²) in [6.07, 6.45) is 0. The number of carbonyl (C=O) groups excluding carboxylic acids is 1. The number of rotatable bonds is 5. The lowest BCUT2D eigenvalue weighted by atomic mass is 10.3. The zero-order chi connectivity index (χ0) is 14.5. The van der Waals surface area contributed by atoms with Gasteiger partial charge in [0.05, 0.1) is 6.54 Å². The van der Waals surface area contributed by atoms with Gasteiger partial charge < -0.3 is 9.64 Å². The summed E-state index contributed by atoms with van der Waals surface area (Å²) in [7, 11) is 1.75. The molecule has 0 saturated carbocycles. The highest BCUT2D eigenvalue weighted by atomic mass is 32.1. The summed E-state index contributed by atoms with van der Waals surface area (Å²) in [5.74, 6) is 0.0524. The van der Waals surface area contributed by atoms with Crippen LogP contribution in [0.1, 0.15) is 10.4 Å². The molecule has 0 aliphatic carbocycles. The zero-order valence-electron chi connectivity index (χ0n) is 11.4. The predicted molar refractivity (Wildman–Crippen MR) is 77.4 cm³/mol. The Morgan fingerprint density at radius 3 is 2.60 bits per heavy atom. The lowest BCUT2D eigenvalue weighted by Crippen LogP contribution is -2.30. The molecule has 2 aromatic rings. The first kappa shape index (κ1) is 14.5. The smallest absolute Gasteiger partial charge is 0.260 e. The third kappa shape index (κ3) is 3.81. The molecular formula is C15H16FNO2S. The molecule has 0 unspecified atom stereocenters. The molecule has 0 aliphatic rings. The Morgan fingerprint density at radius 1 is 1.30 bits per heavy atom. The fourth-order valence-corrected chi connectivity index (χ4v) is 2.61. The Balaban J connectivity index is 1.85. The van der Waals surface area contributed by atoms with Crippen molar-refractivity contribution < 1.29 is 13.9 Å². The quantitative estimate of drug-likeness (QED) is 0.847. The van der Waals surface area contributed by atoms with E-state index < -0.39 is 0 Å². The van der Waals surface area contributed by atoms with Gasteiger partial charge in [-0.05, 0) is 48.2 Å². The standard InChI is InChI=1S/C15H16FNO2S/c1-11-7-8-20-14(11)9-17(2)15(18)10-19-13-5-3-12(16)4-6-13/h3-8H,9-10H2,1-2H3. The Hall–Kier alpha value is -1.88. The van der Waals surface area contributed by atoms with Crippen LogP contribution in [0.3, 0.4) is 0 Å². The first-order chi connectivity index (χ1) is 9.56. The molecule has 106 valence electrons. The predicted octanol–water partition coefficient (Wildman–Crippen LogP) is 3.23. The molecule has 1 amide bonds. The lowest BCUT2D eigenvalue weighted by molar-refractivity contribution is -0.132. The topological polar surface area (TPSA) is 29.5 Å². The van der Waals surface area contributed by atoms with Crippen LogP contribution in [0.15, 0.2) is 35.7 Å². The van der Waals surface area contributed by atoms with Gasteiger partial charge in [0.25, 0.3) is 5.91 Å². The summed E-state index contributed by atoms with van der Waals surface area (Å²) in [6, 6.07) is 7.66. The van der Waals surface area contributed by atoms with Gasteiger partial charge in [0.15, 0.2) is 6.61 Å². The van der Waals surface area contributed by atoms with E-state index in [0.29, 0.717) is 12.3 Å². The van der Waals surface area contributed by atoms with Crippen LogP contribution in [0.5, 0.6) is 5.75 Å². The van der Waals surface area contributed by atoms with Crippen molar-refractivity contribution in [1.29, 1.82) is 0 Å². The maximum atomic E-state index is 12.7. The van der Waals surface area contributed by atoms with Gasteiger partial charge in [0.1, 0.15) is 11.6 Å². The van der Waals surface area contributed by atoms with E-state index >= 15 is 0 Å². The second kappa shape index (κ2) is 6.52. The average Bonchev–Trinajstić information content (AvgIpc) is 2.83. The van der Waals surface area contributed by atoms with Gasteiger partial charge in [-0.25, -0.2) is 4.39 Å². The van der Waals surface area contributed by atoms with Crippen LogP contribution >= 0.6 is 11.3 Å². The van der Waals surface area contributed by atoms with Gasteiger partial charge in [-0.3, -0.25) is 4.79 Å². The van der Waals surface area contributed by atoms with Crippen molar-refractivity contribution >= 4 is 17.2 Å². The average molecular weight is 293 g/mol. The number of nitrogens with zero attached hydrogens (tertiary/aromatic N) is 1. The molecule has 0 aliphatic heterocycles. The molecular weight excluding hydrogens is 277 g/mol. The summed E-state index contributed by atoms with van der Waals surface area (Å²) in [4.78, 5) is 14.7. The molecule has 0 spiro atoms. The van der Waals surface area contributed by atoms with Crippen LogP contribution in [0.4, 0.5) is 4.39 Å². The van der Waals surface area contributed by atoms with Crippen LogP contribution in [0.25, 0.3) is 0 Å². The number of carbonyl (C=O) groups is 1. The monoisotopic (exact) mass is 293 g/mol. The number of likely N-dealkylation sites (N-methyl/N-ethyl adjacent to an activating group) is 1. The highest BCUT2D eigenvalue weighted by Crippen LogP contribution is 2.17. The number of ether oxygens (including phenoxy) is 1. The van der Waals surface area contributed by atoms with E-state index in [1.165, 1.54) is 34.7 Å². The molecule has 0 bridgehead atoms. The molecule has 1 heterocycles. The van der Waals surface area contributed by atoms with Crippen LogP contribution < -0.4 is 4.74 Å². The van der Waals surface area contributed by atoms with Gasteiger partial charge in [-0.15, -0.1) is 11.3 Å². The first-order valence-electron chi connectivity index (χ1n) is 6.21. The Bertz CT molecular complexity index is 580. The molecule has 20 heavy (non-hydrogen) atoms. The minimum Gasteiger partial charge on any atom is -0.484 e. The fourth-order valence-electron chi connectivity index (χ4n) is 1.66. The van der Waals surface area contributed by atoms with E-state index in [2.05, 4.69) is 0 Å². The van der Waals surface area contributed by atoms with Gasteiger partial charge in [-0.1, -0.05) is 0 Å². The number of benzene rings is 1. The summed E-state index contributed by atoms with van der Waals surface area (Å²) in [5.41, 5.74) is 1.19. The van der Waals surface area contributed by atoms with E-state index in [0.717, 1.165) is 0 Å². The number of aryl methyl sites for hydroxylation is 1. The van der Waals surface area contributed by atoms with E-state index in [9.17, 15) is 9.18 Å². The number of halogens is 1. The summed E-state index contributed by atoms with van der Waals surface area (Å²) in [5, 5.41) is 2.01. The van der Waals surface area contributed by atoms with E-state index in [4.69, 9.17) is 4.74 Å². The number of thiophene rings is 1. The van der Waals surface area contributed by atoms with Crippen molar-refractivity contribution in [3.63, 3.8) is 0 Å². The van der Waals surface area contributed by atoms with Crippen LogP contribution in [0, 0.1) is 12.7 Å². The molecule has 0 saturated heterocycles. The minimum atomic E-state index is -0.325. The third-order valence-corrected chi connectivity index (χ3v) is 3.96. The molecule has 0 radical (unpaired) electrons. The van der Waals surface area contributed by atoms with Crippen LogP contribution in [-0.2, 0) is 11.3 Å².